The summed E-state index contributed by atoms with van der Waals surface area (Å²) in [6, 6.07) is 5.67. The van der Waals surface area contributed by atoms with Crippen molar-refractivity contribution in [3.63, 3.8) is 0 Å². The Morgan fingerprint density at radius 2 is 1.72 bits per heavy atom. The molecular weight excluding hydrogens is 329 g/mol. The monoisotopic (exact) mass is 354 g/mol. The summed E-state index contributed by atoms with van der Waals surface area (Å²) in [6.07, 6.45) is 2.69. The molecule has 1 N–H and O–H groups in total. The van der Waals surface area contributed by atoms with Gasteiger partial charge in [0.15, 0.2) is 0 Å². The van der Waals surface area contributed by atoms with Crippen molar-refractivity contribution in [1.29, 1.82) is 0 Å². The van der Waals surface area contributed by atoms with Crippen molar-refractivity contribution in [3.05, 3.63) is 35.4 Å². The van der Waals surface area contributed by atoms with Gasteiger partial charge in [-0.2, -0.15) is 13.2 Å². The second kappa shape index (κ2) is 7.77. The van der Waals surface area contributed by atoms with E-state index in [4.69, 9.17) is 0 Å². The molecule has 2 fully saturated rings. The van der Waals surface area contributed by atoms with E-state index in [1.54, 1.807) is 0 Å². The van der Waals surface area contributed by atoms with E-state index in [2.05, 4.69) is 10.2 Å². The molecule has 1 saturated heterocycles. The van der Waals surface area contributed by atoms with Crippen LogP contribution < -0.4 is 5.32 Å². The lowest BCUT2D eigenvalue weighted by molar-refractivity contribution is -0.137. The van der Waals surface area contributed by atoms with Crippen LogP contribution in [0.3, 0.4) is 0 Å². The number of benzene rings is 1. The van der Waals surface area contributed by atoms with Crippen LogP contribution in [0, 0.1) is 5.92 Å². The number of rotatable bonds is 4. The number of piperidine rings is 1. The lowest BCUT2D eigenvalue weighted by atomic mass is 9.95. The fourth-order valence-corrected chi connectivity index (χ4v) is 4.05. The molecule has 3 nitrogen and oxygen atoms in total. The van der Waals surface area contributed by atoms with Crippen LogP contribution in [0.15, 0.2) is 24.3 Å². The maximum atomic E-state index is 13.0. The molecule has 0 aromatic heterocycles. The van der Waals surface area contributed by atoms with E-state index in [-0.39, 0.29) is 5.56 Å². The quantitative estimate of drug-likeness (QED) is 0.883. The van der Waals surface area contributed by atoms with Gasteiger partial charge in [-0.25, -0.2) is 0 Å². The molecule has 138 valence electrons. The van der Waals surface area contributed by atoms with E-state index in [1.165, 1.54) is 43.9 Å². The Hall–Kier alpha value is -1.56. The van der Waals surface area contributed by atoms with Crippen LogP contribution in [0.25, 0.3) is 0 Å². The molecule has 0 atom stereocenters. The summed E-state index contributed by atoms with van der Waals surface area (Å²) in [7, 11) is 0. The highest BCUT2D eigenvalue weighted by molar-refractivity contribution is 5.95. The smallest absolute Gasteiger partial charge is 0.352 e. The number of halogens is 3. The van der Waals surface area contributed by atoms with E-state index in [1.807, 2.05) is 0 Å². The lowest BCUT2D eigenvalue weighted by Gasteiger charge is -2.36. The van der Waals surface area contributed by atoms with E-state index in [9.17, 15) is 18.0 Å². The topological polar surface area (TPSA) is 32.3 Å². The van der Waals surface area contributed by atoms with Crippen LogP contribution in [-0.4, -0.2) is 36.5 Å². The molecule has 0 bridgehead atoms. The van der Waals surface area contributed by atoms with Crippen LogP contribution in [0.2, 0.25) is 0 Å². The SMILES string of the molecule is O=C(NCC1CCN(C2CCCC2)CC1)c1ccccc1C(F)(F)F. The van der Waals surface area contributed by atoms with Crippen molar-refractivity contribution in [1.82, 2.24) is 10.2 Å². The molecule has 25 heavy (non-hydrogen) atoms. The van der Waals surface area contributed by atoms with Gasteiger partial charge < -0.3 is 10.2 Å². The Kier molecular flexibility index (Phi) is 5.67. The van der Waals surface area contributed by atoms with Crippen LogP contribution in [0.1, 0.15) is 54.4 Å². The average molecular weight is 354 g/mol. The van der Waals surface area contributed by atoms with Crippen LogP contribution in [-0.2, 0) is 6.18 Å². The summed E-state index contributed by atoms with van der Waals surface area (Å²) < 4.78 is 39.0. The van der Waals surface area contributed by atoms with Gasteiger partial charge in [0.2, 0.25) is 0 Å². The fraction of sp³-hybridized carbons (Fsp3) is 0.632. The van der Waals surface area contributed by atoms with Crippen molar-refractivity contribution >= 4 is 5.91 Å². The van der Waals surface area contributed by atoms with E-state index in [0.717, 1.165) is 32.0 Å². The minimum atomic E-state index is -4.51. The highest BCUT2D eigenvalue weighted by atomic mass is 19.4. The molecule has 1 aliphatic carbocycles. The molecular formula is C19H25F3N2O. The molecule has 0 spiro atoms. The van der Waals surface area contributed by atoms with Gasteiger partial charge in [-0.05, 0) is 56.8 Å². The number of nitrogens with zero attached hydrogens (tertiary/aromatic N) is 1. The predicted octanol–water partition coefficient (Wildman–Crippen LogP) is 4.09. The highest BCUT2D eigenvalue weighted by Crippen LogP contribution is 2.32. The summed E-state index contributed by atoms with van der Waals surface area (Å²) in [5.41, 5.74) is -1.16. The standard InChI is InChI=1S/C19H25F3N2O/c20-19(21,22)17-8-4-3-7-16(17)18(25)23-13-14-9-11-24(12-10-14)15-5-1-2-6-15/h3-4,7-8,14-15H,1-2,5-6,9-13H2,(H,23,25). The van der Waals surface area contributed by atoms with Crippen LogP contribution in [0.4, 0.5) is 13.2 Å². The van der Waals surface area contributed by atoms with E-state index in [0.29, 0.717) is 18.5 Å². The summed E-state index contributed by atoms with van der Waals surface area (Å²) in [4.78, 5) is 14.8. The molecule has 0 radical (unpaired) electrons. The van der Waals surface area contributed by atoms with Gasteiger partial charge in [-0.1, -0.05) is 25.0 Å². The number of likely N-dealkylation sites (tertiary alicyclic amines) is 1. The van der Waals surface area contributed by atoms with Gasteiger partial charge in [0.25, 0.3) is 5.91 Å². The summed E-state index contributed by atoms with van der Waals surface area (Å²) in [5.74, 6) is -0.286. The summed E-state index contributed by atoms with van der Waals surface area (Å²) >= 11 is 0. The van der Waals surface area contributed by atoms with E-state index < -0.39 is 17.6 Å². The van der Waals surface area contributed by atoms with Gasteiger partial charge in [-0.15, -0.1) is 0 Å². The summed E-state index contributed by atoms with van der Waals surface area (Å²) in [5, 5.41) is 2.71. The molecule has 6 heteroatoms. The zero-order valence-electron chi connectivity index (χ0n) is 14.3. The van der Waals surface area contributed by atoms with Gasteiger partial charge in [-0.3, -0.25) is 4.79 Å². The Bertz CT molecular complexity index is 589. The van der Waals surface area contributed by atoms with Gasteiger partial charge in [0, 0.05) is 12.6 Å². The second-order valence-electron chi connectivity index (χ2n) is 7.17. The van der Waals surface area contributed by atoms with Crippen molar-refractivity contribution in [2.24, 2.45) is 5.92 Å². The number of carbonyl (C=O) groups is 1. The third-order valence-corrected chi connectivity index (χ3v) is 5.52. The predicted molar refractivity (Wildman–Crippen MR) is 90.3 cm³/mol. The second-order valence-corrected chi connectivity index (χ2v) is 7.17. The van der Waals surface area contributed by atoms with E-state index >= 15 is 0 Å². The highest BCUT2D eigenvalue weighted by Gasteiger charge is 2.35. The van der Waals surface area contributed by atoms with Crippen molar-refractivity contribution in [2.45, 2.75) is 50.7 Å². The molecule has 2 aliphatic rings. The van der Waals surface area contributed by atoms with Crippen molar-refractivity contribution < 1.29 is 18.0 Å². The Labute approximate surface area is 146 Å². The molecule has 1 aromatic carbocycles. The Morgan fingerprint density at radius 1 is 1.08 bits per heavy atom. The third-order valence-electron chi connectivity index (χ3n) is 5.52. The lowest BCUT2D eigenvalue weighted by Crippen LogP contribution is -2.42. The van der Waals surface area contributed by atoms with Crippen LogP contribution >= 0.6 is 0 Å². The number of amides is 1. The minimum absolute atomic E-state index is 0.293. The first kappa shape index (κ1) is 18.2. The molecule has 1 aliphatic heterocycles. The van der Waals surface area contributed by atoms with Crippen molar-refractivity contribution in [2.75, 3.05) is 19.6 Å². The van der Waals surface area contributed by atoms with Gasteiger partial charge >= 0.3 is 6.18 Å². The zero-order chi connectivity index (χ0) is 17.9. The number of carbonyl (C=O) groups excluding carboxylic acids is 1. The first-order valence-electron chi connectivity index (χ1n) is 9.13. The van der Waals surface area contributed by atoms with Gasteiger partial charge in [0.05, 0.1) is 11.1 Å². The van der Waals surface area contributed by atoms with Crippen molar-refractivity contribution in [3.8, 4) is 0 Å². The van der Waals surface area contributed by atoms with Crippen LogP contribution in [0.5, 0.6) is 0 Å². The maximum absolute atomic E-state index is 13.0. The first-order valence-corrected chi connectivity index (χ1v) is 9.13. The number of alkyl halides is 3. The summed E-state index contributed by atoms with van der Waals surface area (Å²) in [6.45, 7) is 2.51. The normalized spacial score (nSPS) is 20.8. The molecule has 0 unspecified atom stereocenters. The average Bonchev–Trinajstić information content (AvgIpc) is 3.14. The fourth-order valence-electron chi connectivity index (χ4n) is 4.05. The molecule has 1 aromatic rings. The van der Waals surface area contributed by atoms with Gasteiger partial charge in [0.1, 0.15) is 0 Å². The number of hydrogen-bond acceptors (Lipinski definition) is 2. The Morgan fingerprint density at radius 3 is 2.36 bits per heavy atom. The number of hydrogen-bond donors (Lipinski definition) is 1. The third kappa shape index (κ3) is 4.54. The molecule has 3 rings (SSSR count). The molecule has 1 heterocycles. The Balaban J connectivity index is 1.50. The molecule has 1 amide bonds. The molecule has 1 saturated carbocycles. The largest absolute Gasteiger partial charge is 0.417 e. The maximum Gasteiger partial charge on any atom is 0.417 e. The minimum Gasteiger partial charge on any atom is -0.352 e. The first-order chi connectivity index (χ1) is 11.9. The zero-order valence-corrected chi connectivity index (χ0v) is 14.3. The number of nitrogens with one attached hydrogen (secondary N) is 1.